The number of fused-ring (bicyclic) bond motifs is 1. The van der Waals surface area contributed by atoms with Gasteiger partial charge in [0.1, 0.15) is 0 Å². The highest BCUT2D eigenvalue weighted by atomic mass is 16.7. The lowest BCUT2D eigenvalue weighted by Crippen LogP contribution is -2.02. The van der Waals surface area contributed by atoms with Crippen molar-refractivity contribution in [3.05, 3.63) is 36.4 Å². The molecule has 0 saturated carbocycles. The van der Waals surface area contributed by atoms with E-state index in [0.29, 0.717) is 68.7 Å². The molecule has 4 rings (SSSR count). The number of nitrogens with one attached hydrogen (secondary N) is 2. The largest absolute Gasteiger partial charge is 0.493 e. The maximum Gasteiger partial charge on any atom is 0.231 e. The van der Waals surface area contributed by atoms with Crippen molar-refractivity contribution in [1.29, 1.82) is 0 Å². The van der Waals surface area contributed by atoms with Gasteiger partial charge in [0.15, 0.2) is 34.5 Å². The van der Waals surface area contributed by atoms with Crippen LogP contribution in [0.1, 0.15) is 0 Å². The van der Waals surface area contributed by atoms with Crippen molar-refractivity contribution in [3.8, 4) is 46.0 Å². The van der Waals surface area contributed by atoms with E-state index in [1.807, 2.05) is 30.3 Å². The minimum Gasteiger partial charge on any atom is -0.493 e. The molecule has 186 valence electrons. The first kappa shape index (κ1) is 23.8. The van der Waals surface area contributed by atoms with Crippen LogP contribution < -0.4 is 48.5 Å². The Morgan fingerprint density at radius 3 is 1.60 bits per heavy atom. The van der Waals surface area contributed by atoms with Gasteiger partial charge in [0.25, 0.3) is 0 Å². The van der Waals surface area contributed by atoms with Crippen LogP contribution in [0.3, 0.4) is 0 Å². The first-order chi connectivity index (χ1) is 17.1. The Morgan fingerprint density at radius 1 is 0.543 bits per heavy atom. The van der Waals surface area contributed by atoms with Crippen LogP contribution in [-0.2, 0) is 0 Å². The predicted octanol–water partition coefficient (Wildman–Crippen LogP) is 4.95. The van der Waals surface area contributed by atoms with Crippen molar-refractivity contribution in [2.75, 3.05) is 60.1 Å². The number of hydrogen-bond acceptors (Lipinski definition) is 10. The summed E-state index contributed by atoms with van der Waals surface area (Å²) in [6.45, 7) is 0.141. The molecule has 10 nitrogen and oxygen atoms in total. The van der Waals surface area contributed by atoms with E-state index in [9.17, 15) is 0 Å². The summed E-state index contributed by atoms with van der Waals surface area (Å²) in [5.74, 6) is 4.28. The van der Waals surface area contributed by atoms with Gasteiger partial charge in [0.05, 0.1) is 59.7 Å². The Hall–Kier alpha value is -4.34. The molecule has 0 spiro atoms. The molecule has 0 saturated heterocycles. The lowest BCUT2D eigenvalue weighted by atomic mass is 10.2. The van der Waals surface area contributed by atoms with Gasteiger partial charge in [0, 0.05) is 30.0 Å². The van der Waals surface area contributed by atoms with E-state index in [-0.39, 0.29) is 6.79 Å². The Labute approximate surface area is 203 Å². The third-order valence-electron chi connectivity index (χ3n) is 5.43. The zero-order valence-electron chi connectivity index (χ0n) is 20.4. The molecule has 35 heavy (non-hydrogen) atoms. The van der Waals surface area contributed by atoms with Crippen molar-refractivity contribution in [3.63, 3.8) is 0 Å². The second-order valence-electron chi connectivity index (χ2n) is 7.30. The van der Waals surface area contributed by atoms with Gasteiger partial charge in [-0.1, -0.05) is 0 Å². The van der Waals surface area contributed by atoms with E-state index < -0.39 is 0 Å². The summed E-state index contributed by atoms with van der Waals surface area (Å²) in [7, 11) is 9.39. The van der Waals surface area contributed by atoms with Gasteiger partial charge in [-0.15, -0.1) is 0 Å². The molecule has 0 atom stereocenters. The lowest BCUT2D eigenvalue weighted by molar-refractivity contribution is 0.174. The van der Waals surface area contributed by atoms with Gasteiger partial charge in [0.2, 0.25) is 18.3 Å². The molecule has 1 aliphatic heterocycles. The number of hydrogen-bond donors (Lipinski definition) is 2. The normalized spacial score (nSPS) is 11.5. The number of ether oxygens (including phenoxy) is 8. The van der Waals surface area contributed by atoms with Gasteiger partial charge in [-0.25, -0.2) is 0 Å². The van der Waals surface area contributed by atoms with E-state index in [2.05, 4.69) is 10.6 Å². The maximum atomic E-state index is 5.63. The molecule has 3 aromatic rings. The second kappa shape index (κ2) is 10.3. The zero-order chi connectivity index (χ0) is 24.9. The van der Waals surface area contributed by atoms with Crippen LogP contribution in [0.2, 0.25) is 0 Å². The fraction of sp³-hybridized carbons (Fsp3) is 0.280. The molecule has 0 bridgehead atoms. The highest BCUT2D eigenvalue weighted by molar-refractivity contribution is 5.85. The van der Waals surface area contributed by atoms with E-state index in [4.69, 9.17) is 37.9 Å². The van der Waals surface area contributed by atoms with Gasteiger partial charge in [-0.2, -0.15) is 0 Å². The Bertz CT molecular complexity index is 1190. The Balaban J connectivity index is 1.77. The molecular weight excluding hydrogens is 456 g/mol. The molecule has 0 aromatic heterocycles. The van der Waals surface area contributed by atoms with Crippen LogP contribution in [0.5, 0.6) is 46.0 Å². The zero-order valence-corrected chi connectivity index (χ0v) is 20.4. The minimum absolute atomic E-state index is 0.141. The van der Waals surface area contributed by atoms with Gasteiger partial charge in [-0.3, -0.25) is 0 Å². The smallest absolute Gasteiger partial charge is 0.231 e. The molecule has 3 aromatic carbocycles. The van der Waals surface area contributed by atoms with E-state index in [1.165, 1.54) is 0 Å². The maximum absolute atomic E-state index is 5.63. The van der Waals surface area contributed by atoms with Crippen molar-refractivity contribution in [2.45, 2.75) is 0 Å². The molecule has 0 radical (unpaired) electrons. The van der Waals surface area contributed by atoms with Crippen LogP contribution in [-0.4, -0.2) is 49.5 Å². The number of rotatable bonds is 10. The Morgan fingerprint density at radius 2 is 1.09 bits per heavy atom. The Kier molecular flexibility index (Phi) is 7.00. The molecule has 0 aliphatic carbocycles. The fourth-order valence-corrected chi connectivity index (χ4v) is 3.80. The van der Waals surface area contributed by atoms with Crippen molar-refractivity contribution < 1.29 is 37.9 Å². The van der Waals surface area contributed by atoms with Crippen molar-refractivity contribution in [2.24, 2.45) is 0 Å². The van der Waals surface area contributed by atoms with E-state index in [1.54, 1.807) is 48.7 Å². The fourth-order valence-electron chi connectivity index (χ4n) is 3.80. The van der Waals surface area contributed by atoms with Gasteiger partial charge in [-0.05, 0) is 12.1 Å². The molecule has 0 unspecified atom stereocenters. The summed E-state index contributed by atoms with van der Waals surface area (Å²) in [5.41, 5.74) is 2.78. The van der Waals surface area contributed by atoms with Gasteiger partial charge >= 0.3 is 0 Å². The first-order valence-corrected chi connectivity index (χ1v) is 10.6. The molecule has 0 amide bonds. The summed E-state index contributed by atoms with van der Waals surface area (Å²) in [6.07, 6.45) is 0. The standard InChI is InChI=1S/C25H28N2O8/c1-28-18-8-7-15(23(31-4)25(18)33-6)27-17-12-20-19(34-13-35-20)11-16(17)26-14-9-21(29-2)24(32-5)22(10-14)30-3/h7-12,26-27H,13H2,1-6H3. The van der Waals surface area contributed by atoms with Crippen LogP contribution in [0.25, 0.3) is 0 Å². The number of anilines is 4. The summed E-state index contributed by atoms with van der Waals surface area (Å²) < 4.78 is 44.1. The molecule has 2 N–H and O–H groups in total. The third-order valence-corrected chi connectivity index (χ3v) is 5.43. The van der Waals surface area contributed by atoms with Crippen molar-refractivity contribution >= 4 is 22.7 Å². The highest BCUT2D eigenvalue weighted by Gasteiger charge is 2.22. The number of benzene rings is 3. The molecule has 0 fully saturated rings. The van der Waals surface area contributed by atoms with Crippen LogP contribution >= 0.6 is 0 Å². The average molecular weight is 485 g/mol. The van der Waals surface area contributed by atoms with Crippen LogP contribution in [0.15, 0.2) is 36.4 Å². The topological polar surface area (TPSA) is 97.9 Å². The summed E-state index contributed by atoms with van der Waals surface area (Å²) in [5, 5.41) is 6.80. The monoisotopic (exact) mass is 484 g/mol. The van der Waals surface area contributed by atoms with E-state index >= 15 is 0 Å². The number of methoxy groups -OCH3 is 6. The minimum atomic E-state index is 0.141. The predicted molar refractivity (Wildman–Crippen MR) is 131 cm³/mol. The molecule has 10 heteroatoms. The average Bonchev–Trinajstić information content (AvgIpc) is 3.34. The first-order valence-electron chi connectivity index (χ1n) is 10.6. The van der Waals surface area contributed by atoms with Crippen LogP contribution in [0.4, 0.5) is 22.7 Å². The third kappa shape index (κ3) is 4.54. The molecule has 1 aliphatic rings. The SMILES string of the molecule is COc1cc(Nc2cc3c(cc2Nc2ccc(OC)c(OC)c2OC)OCO3)cc(OC)c1OC. The van der Waals surface area contributed by atoms with Gasteiger partial charge < -0.3 is 48.5 Å². The summed E-state index contributed by atoms with van der Waals surface area (Å²) in [6, 6.07) is 11.0. The quantitative estimate of drug-likeness (QED) is 0.411. The lowest BCUT2D eigenvalue weighted by Gasteiger charge is -2.20. The second-order valence-corrected chi connectivity index (χ2v) is 7.30. The molecular formula is C25H28N2O8. The summed E-state index contributed by atoms with van der Waals surface area (Å²) in [4.78, 5) is 0. The van der Waals surface area contributed by atoms with Crippen molar-refractivity contribution in [1.82, 2.24) is 0 Å². The highest BCUT2D eigenvalue weighted by Crippen LogP contribution is 2.47. The summed E-state index contributed by atoms with van der Waals surface area (Å²) >= 11 is 0. The van der Waals surface area contributed by atoms with E-state index in [0.717, 1.165) is 0 Å². The molecule has 1 heterocycles. The van der Waals surface area contributed by atoms with Crippen LogP contribution in [0, 0.1) is 0 Å².